The van der Waals surface area contributed by atoms with Crippen molar-refractivity contribution < 1.29 is 0 Å². The Bertz CT molecular complexity index is 377. The zero-order valence-corrected chi connectivity index (χ0v) is 12.8. The second kappa shape index (κ2) is 7.91. The van der Waals surface area contributed by atoms with Gasteiger partial charge in [-0.25, -0.2) is 0 Å². The highest BCUT2D eigenvalue weighted by Gasteiger charge is 2.18. The highest BCUT2D eigenvalue weighted by atomic mass is 35.5. The Balaban J connectivity index is 1.79. The molecule has 0 heterocycles. The average Bonchev–Trinajstić information content (AvgIpc) is 2.64. The van der Waals surface area contributed by atoms with Crippen molar-refractivity contribution in [1.82, 2.24) is 5.32 Å². The van der Waals surface area contributed by atoms with Crippen molar-refractivity contribution in [1.29, 1.82) is 0 Å². The number of hydrogen-bond acceptors (Lipinski definition) is 1. The molecule has 1 aromatic carbocycles. The fourth-order valence-electron chi connectivity index (χ4n) is 3.18. The van der Waals surface area contributed by atoms with Gasteiger partial charge in [-0.05, 0) is 36.8 Å². The van der Waals surface area contributed by atoms with Crippen molar-refractivity contribution in [2.45, 2.75) is 64.5 Å². The molecule has 2 rings (SSSR count). The highest BCUT2D eigenvalue weighted by molar-refractivity contribution is 6.31. The van der Waals surface area contributed by atoms with E-state index in [1.165, 1.54) is 50.5 Å². The molecular weight excluding hydrogens is 254 g/mol. The van der Waals surface area contributed by atoms with Crippen LogP contribution >= 0.6 is 11.6 Å². The number of rotatable bonds is 5. The molecule has 0 bridgehead atoms. The number of nitrogens with one attached hydrogen (secondary N) is 1. The Kier molecular flexibility index (Phi) is 6.19. The molecule has 106 valence electrons. The van der Waals surface area contributed by atoms with Gasteiger partial charge in [0.15, 0.2) is 0 Å². The van der Waals surface area contributed by atoms with Crippen molar-refractivity contribution in [3.63, 3.8) is 0 Å². The summed E-state index contributed by atoms with van der Waals surface area (Å²) in [4.78, 5) is 0. The van der Waals surface area contributed by atoms with Crippen LogP contribution in [0, 0.1) is 5.92 Å². The monoisotopic (exact) mass is 279 g/mol. The Morgan fingerprint density at radius 2 is 2.00 bits per heavy atom. The van der Waals surface area contributed by atoms with Crippen LogP contribution in [0.3, 0.4) is 0 Å². The average molecular weight is 280 g/mol. The molecule has 1 fully saturated rings. The van der Waals surface area contributed by atoms with Gasteiger partial charge in [0.25, 0.3) is 0 Å². The van der Waals surface area contributed by atoms with Crippen LogP contribution in [0.4, 0.5) is 0 Å². The van der Waals surface area contributed by atoms with Gasteiger partial charge in [-0.1, -0.05) is 62.4 Å². The fourth-order valence-corrected chi connectivity index (χ4v) is 3.38. The quantitative estimate of drug-likeness (QED) is 0.733. The molecule has 1 aliphatic rings. The lowest BCUT2D eigenvalue weighted by Crippen LogP contribution is -2.28. The lowest BCUT2D eigenvalue weighted by Gasteiger charge is -2.17. The SMILES string of the molecule is CCCC1CCCC(NCc2ccccc2Cl)CC1. The van der Waals surface area contributed by atoms with Crippen LogP contribution in [0.25, 0.3) is 0 Å². The van der Waals surface area contributed by atoms with Crippen molar-refractivity contribution in [3.8, 4) is 0 Å². The van der Waals surface area contributed by atoms with Gasteiger partial charge < -0.3 is 5.32 Å². The molecule has 1 aliphatic carbocycles. The molecule has 0 spiro atoms. The summed E-state index contributed by atoms with van der Waals surface area (Å²) in [5, 5.41) is 4.58. The van der Waals surface area contributed by atoms with E-state index in [9.17, 15) is 0 Å². The second-order valence-corrected chi connectivity index (χ2v) is 6.24. The Morgan fingerprint density at radius 3 is 2.79 bits per heavy atom. The number of benzene rings is 1. The predicted octanol–water partition coefficient (Wildman–Crippen LogP) is 5.18. The predicted molar refractivity (Wildman–Crippen MR) is 83.6 cm³/mol. The maximum Gasteiger partial charge on any atom is 0.0450 e. The Labute approximate surface area is 122 Å². The molecule has 1 N–H and O–H groups in total. The summed E-state index contributed by atoms with van der Waals surface area (Å²) in [5.41, 5.74) is 1.22. The van der Waals surface area contributed by atoms with Gasteiger partial charge in [0.05, 0.1) is 0 Å². The molecule has 2 unspecified atom stereocenters. The van der Waals surface area contributed by atoms with E-state index in [1.54, 1.807) is 0 Å². The molecule has 0 radical (unpaired) electrons. The topological polar surface area (TPSA) is 12.0 Å². The molecule has 19 heavy (non-hydrogen) atoms. The van der Waals surface area contributed by atoms with Gasteiger partial charge in [0, 0.05) is 17.6 Å². The van der Waals surface area contributed by atoms with Crippen molar-refractivity contribution in [3.05, 3.63) is 34.9 Å². The van der Waals surface area contributed by atoms with Gasteiger partial charge in [-0.2, -0.15) is 0 Å². The lowest BCUT2D eigenvalue weighted by molar-refractivity contribution is 0.409. The maximum atomic E-state index is 6.20. The first-order valence-corrected chi connectivity index (χ1v) is 8.14. The van der Waals surface area contributed by atoms with Crippen molar-refractivity contribution >= 4 is 11.6 Å². The highest BCUT2D eigenvalue weighted by Crippen LogP contribution is 2.27. The summed E-state index contributed by atoms with van der Waals surface area (Å²) in [5.74, 6) is 0.970. The largest absolute Gasteiger partial charge is 0.310 e. The van der Waals surface area contributed by atoms with Gasteiger partial charge in [0.1, 0.15) is 0 Å². The van der Waals surface area contributed by atoms with Crippen molar-refractivity contribution in [2.75, 3.05) is 0 Å². The van der Waals surface area contributed by atoms with Crippen LogP contribution in [0.2, 0.25) is 5.02 Å². The van der Waals surface area contributed by atoms with E-state index in [2.05, 4.69) is 24.4 Å². The first-order chi connectivity index (χ1) is 9.29. The molecule has 2 heteroatoms. The van der Waals surface area contributed by atoms with Crippen molar-refractivity contribution in [2.24, 2.45) is 5.92 Å². The van der Waals surface area contributed by atoms with E-state index in [0.29, 0.717) is 6.04 Å². The number of halogens is 1. The minimum absolute atomic E-state index is 0.679. The van der Waals surface area contributed by atoms with Gasteiger partial charge in [-0.15, -0.1) is 0 Å². The van der Waals surface area contributed by atoms with Crippen LogP contribution in [-0.4, -0.2) is 6.04 Å². The van der Waals surface area contributed by atoms with Crippen LogP contribution in [0.15, 0.2) is 24.3 Å². The molecule has 1 nitrogen and oxygen atoms in total. The zero-order valence-electron chi connectivity index (χ0n) is 12.0. The summed E-state index contributed by atoms with van der Waals surface area (Å²) in [7, 11) is 0. The smallest absolute Gasteiger partial charge is 0.0450 e. The fraction of sp³-hybridized carbons (Fsp3) is 0.647. The second-order valence-electron chi connectivity index (χ2n) is 5.83. The van der Waals surface area contributed by atoms with E-state index in [0.717, 1.165) is 17.5 Å². The molecule has 0 aliphatic heterocycles. The molecule has 1 aromatic rings. The minimum Gasteiger partial charge on any atom is -0.310 e. The van der Waals surface area contributed by atoms with E-state index in [1.807, 2.05) is 12.1 Å². The van der Waals surface area contributed by atoms with Crippen LogP contribution < -0.4 is 5.32 Å². The maximum absolute atomic E-state index is 6.20. The number of hydrogen-bond donors (Lipinski definition) is 1. The van der Waals surface area contributed by atoms with Gasteiger partial charge >= 0.3 is 0 Å². The third-order valence-corrected chi connectivity index (χ3v) is 4.69. The molecule has 2 atom stereocenters. The standard InChI is InChI=1S/C17H26ClN/c1-2-6-14-7-5-9-16(12-11-14)19-13-15-8-3-4-10-17(15)18/h3-4,8,10,14,16,19H,2,5-7,9,11-13H2,1H3. The summed E-state index contributed by atoms with van der Waals surface area (Å²) in [6, 6.07) is 8.83. The first-order valence-electron chi connectivity index (χ1n) is 7.76. The summed E-state index contributed by atoms with van der Waals surface area (Å²) >= 11 is 6.20. The van der Waals surface area contributed by atoms with Gasteiger partial charge in [-0.3, -0.25) is 0 Å². The molecular formula is C17H26ClN. The van der Waals surface area contributed by atoms with E-state index in [-0.39, 0.29) is 0 Å². The first kappa shape index (κ1) is 14.9. The normalized spacial score (nSPS) is 24.1. The van der Waals surface area contributed by atoms with Crippen LogP contribution in [-0.2, 0) is 6.54 Å². The third-order valence-electron chi connectivity index (χ3n) is 4.32. The molecule has 0 saturated heterocycles. The summed E-state index contributed by atoms with van der Waals surface area (Å²) in [6.07, 6.45) is 9.61. The molecule has 0 aromatic heterocycles. The molecule has 1 saturated carbocycles. The summed E-state index contributed by atoms with van der Waals surface area (Å²) in [6.45, 7) is 3.21. The van der Waals surface area contributed by atoms with E-state index in [4.69, 9.17) is 11.6 Å². The summed E-state index contributed by atoms with van der Waals surface area (Å²) < 4.78 is 0. The Morgan fingerprint density at radius 1 is 1.16 bits per heavy atom. The van der Waals surface area contributed by atoms with Crippen LogP contribution in [0.5, 0.6) is 0 Å². The zero-order chi connectivity index (χ0) is 13.5. The molecule has 0 amide bonds. The van der Waals surface area contributed by atoms with E-state index < -0.39 is 0 Å². The lowest BCUT2D eigenvalue weighted by atomic mass is 9.95. The third kappa shape index (κ3) is 4.81. The van der Waals surface area contributed by atoms with E-state index >= 15 is 0 Å². The minimum atomic E-state index is 0.679. The van der Waals surface area contributed by atoms with Crippen LogP contribution in [0.1, 0.15) is 57.4 Å². The van der Waals surface area contributed by atoms with Gasteiger partial charge in [0.2, 0.25) is 0 Å². The Hall–Kier alpha value is -0.530.